The molecule has 0 saturated heterocycles. The maximum absolute atomic E-state index is 12.7. The lowest BCUT2D eigenvalue weighted by Crippen LogP contribution is -2.25. The zero-order valence-electron chi connectivity index (χ0n) is 15.0. The predicted octanol–water partition coefficient (Wildman–Crippen LogP) is 3.66. The lowest BCUT2D eigenvalue weighted by atomic mass is 9.85. The number of furan rings is 1. The van der Waals surface area contributed by atoms with E-state index in [-0.39, 0.29) is 18.8 Å². The number of benzene rings is 1. The zero-order valence-corrected chi connectivity index (χ0v) is 15.0. The van der Waals surface area contributed by atoms with Crippen molar-refractivity contribution in [3.05, 3.63) is 53.5 Å². The van der Waals surface area contributed by atoms with Crippen LogP contribution < -0.4 is 4.74 Å². The summed E-state index contributed by atoms with van der Waals surface area (Å²) in [6, 6.07) is 12.1. The number of methoxy groups -OCH3 is 1. The number of carbonyl (C=O) groups is 2. The van der Waals surface area contributed by atoms with Gasteiger partial charge in [0, 0.05) is 12.0 Å². The molecule has 2 aromatic rings. The van der Waals surface area contributed by atoms with Gasteiger partial charge in [-0.15, -0.1) is 0 Å². The fourth-order valence-electron chi connectivity index (χ4n) is 2.67. The fourth-order valence-corrected chi connectivity index (χ4v) is 2.67. The molecule has 0 amide bonds. The molecule has 6 nitrogen and oxygen atoms in total. The summed E-state index contributed by atoms with van der Waals surface area (Å²) in [5.74, 6) is -0.995. The Labute approximate surface area is 152 Å². The Hall–Kier alpha value is -3.07. The molecule has 136 valence electrons. The molecule has 0 fully saturated rings. The fraction of sp³-hybridized carbons (Fsp3) is 0.350. The Bertz CT molecular complexity index is 800. The van der Waals surface area contributed by atoms with Crippen LogP contribution in [-0.2, 0) is 9.53 Å². The molecule has 0 aliphatic heterocycles. The van der Waals surface area contributed by atoms with Gasteiger partial charge in [-0.2, -0.15) is 5.26 Å². The van der Waals surface area contributed by atoms with Gasteiger partial charge >= 0.3 is 5.97 Å². The number of ether oxygens (including phenoxy) is 2. The summed E-state index contributed by atoms with van der Waals surface area (Å²) in [4.78, 5) is 24.9. The van der Waals surface area contributed by atoms with E-state index in [1.165, 1.54) is 0 Å². The molecule has 1 heterocycles. The first-order valence-electron chi connectivity index (χ1n) is 8.30. The Morgan fingerprint density at radius 1 is 1.19 bits per heavy atom. The molecule has 1 aromatic heterocycles. The molecule has 0 saturated carbocycles. The number of rotatable bonds is 8. The van der Waals surface area contributed by atoms with E-state index in [9.17, 15) is 14.9 Å². The minimum Gasteiger partial charge on any atom is -0.497 e. The highest BCUT2D eigenvalue weighted by Gasteiger charge is 2.35. The normalized spacial score (nSPS) is 12.7. The van der Waals surface area contributed by atoms with Gasteiger partial charge < -0.3 is 13.9 Å². The molecule has 2 atom stereocenters. The molecule has 0 spiro atoms. The maximum Gasteiger partial charge on any atom is 0.324 e. The maximum atomic E-state index is 12.7. The van der Waals surface area contributed by atoms with Crippen LogP contribution in [-0.4, -0.2) is 25.5 Å². The second-order valence-electron chi connectivity index (χ2n) is 5.77. The van der Waals surface area contributed by atoms with E-state index >= 15 is 0 Å². The van der Waals surface area contributed by atoms with Crippen molar-refractivity contribution in [2.45, 2.75) is 26.2 Å². The first-order chi connectivity index (χ1) is 12.5. The number of hydrogen-bond acceptors (Lipinski definition) is 6. The SMILES string of the molecule is CCOC(=O)C(C#N)C(CC(=O)c1ccc(OC)cc1)c1ccc(C)o1. The molecule has 0 aliphatic rings. The highest BCUT2D eigenvalue weighted by Crippen LogP contribution is 2.32. The Balaban J connectivity index is 2.29. The van der Waals surface area contributed by atoms with E-state index in [0.29, 0.717) is 22.8 Å². The van der Waals surface area contributed by atoms with Crippen molar-refractivity contribution in [2.75, 3.05) is 13.7 Å². The topological polar surface area (TPSA) is 89.5 Å². The van der Waals surface area contributed by atoms with Gasteiger partial charge in [-0.1, -0.05) is 0 Å². The van der Waals surface area contributed by atoms with Gasteiger partial charge in [0.2, 0.25) is 0 Å². The number of Topliss-reactive ketones (excluding diaryl/α,β-unsaturated/α-hetero) is 1. The molecule has 0 N–H and O–H groups in total. The van der Waals surface area contributed by atoms with E-state index in [4.69, 9.17) is 13.9 Å². The van der Waals surface area contributed by atoms with Gasteiger partial charge in [0.15, 0.2) is 11.7 Å². The van der Waals surface area contributed by atoms with E-state index in [1.54, 1.807) is 57.4 Å². The smallest absolute Gasteiger partial charge is 0.324 e. The third-order valence-corrected chi connectivity index (χ3v) is 4.03. The Kier molecular flexibility index (Phi) is 6.56. The van der Waals surface area contributed by atoms with E-state index in [0.717, 1.165) is 0 Å². The van der Waals surface area contributed by atoms with Gasteiger partial charge in [0.1, 0.15) is 17.3 Å². The van der Waals surface area contributed by atoms with Crippen LogP contribution in [0.3, 0.4) is 0 Å². The molecule has 0 aliphatic carbocycles. The lowest BCUT2D eigenvalue weighted by molar-refractivity contribution is -0.146. The molecule has 2 rings (SSSR count). The first-order valence-corrected chi connectivity index (χ1v) is 8.30. The summed E-state index contributed by atoms with van der Waals surface area (Å²) in [5, 5.41) is 9.49. The standard InChI is InChI=1S/C20H21NO5/c1-4-25-20(23)17(12-21)16(19-10-5-13(2)26-19)11-18(22)14-6-8-15(24-3)9-7-14/h5-10,16-17H,4,11H2,1-3H3. The van der Waals surface area contributed by atoms with Crippen molar-refractivity contribution >= 4 is 11.8 Å². The van der Waals surface area contributed by atoms with Crippen LogP contribution in [0.25, 0.3) is 0 Å². The minimum atomic E-state index is -1.12. The van der Waals surface area contributed by atoms with Crippen molar-refractivity contribution in [1.29, 1.82) is 5.26 Å². The molecule has 6 heteroatoms. The number of ketones is 1. The quantitative estimate of drug-likeness (QED) is 0.530. The lowest BCUT2D eigenvalue weighted by Gasteiger charge is -2.18. The zero-order chi connectivity index (χ0) is 19.1. The number of hydrogen-bond donors (Lipinski definition) is 0. The number of nitrogens with zero attached hydrogens (tertiary/aromatic N) is 1. The summed E-state index contributed by atoms with van der Waals surface area (Å²) in [6.45, 7) is 3.59. The summed E-state index contributed by atoms with van der Waals surface area (Å²) in [5.41, 5.74) is 0.472. The van der Waals surface area contributed by atoms with Crippen LogP contribution in [0, 0.1) is 24.2 Å². The second-order valence-corrected chi connectivity index (χ2v) is 5.77. The van der Waals surface area contributed by atoms with Crippen LogP contribution in [0.15, 0.2) is 40.8 Å². The number of carbonyl (C=O) groups excluding carboxylic acids is 2. The largest absolute Gasteiger partial charge is 0.497 e. The van der Waals surface area contributed by atoms with Gasteiger partial charge in [0.05, 0.1) is 25.7 Å². The van der Waals surface area contributed by atoms with Gasteiger partial charge in [-0.3, -0.25) is 9.59 Å². The third-order valence-electron chi connectivity index (χ3n) is 4.03. The van der Waals surface area contributed by atoms with Crippen LogP contribution in [0.2, 0.25) is 0 Å². The van der Waals surface area contributed by atoms with Crippen LogP contribution in [0.1, 0.15) is 41.1 Å². The number of esters is 1. The summed E-state index contributed by atoms with van der Waals surface area (Å²) < 4.78 is 15.7. The van der Waals surface area contributed by atoms with Crippen LogP contribution in [0.4, 0.5) is 0 Å². The summed E-state index contributed by atoms with van der Waals surface area (Å²) in [6.07, 6.45) is -0.0453. The predicted molar refractivity (Wildman–Crippen MR) is 93.9 cm³/mol. The molecule has 2 unspecified atom stereocenters. The molecule has 26 heavy (non-hydrogen) atoms. The van der Waals surface area contributed by atoms with Gasteiger partial charge in [0.25, 0.3) is 0 Å². The summed E-state index contributed by atoms with van der Waals surface area (Å²) >= 11 is 0. The van der Waals surface area contributed by atoms with Gasteiger partial charge in [-0.25, -0.2) is 0 Å². The third kappa shape index (κ3) is 4.51. The van der Waals surface area contributed by atoms with E-state index in [2.05, 4.69) is 0 Å². The average Bonchev–Trinajstić information content (AvgIpc) is 3.08. The van der Waals surface area contributed by atoms with Crippen molar-refractivity contribution in [2.24, 2.45) is 5.92 Å². The number of nitriles is 1. The van der Waals surface area contributed by atoms with Crippen molar-refractivity contribution < 1.29 is 23.5 Å². The first kappa shape index (κ1) is 19.3. The van der Waals surface area contributed by atoms with Crippen molar-refractivity contribution in [3.63, 3.8) is 0 Å². The molecule has 0 radical (unpaired) electrons. The molecular weight excluding hydrogens is 334 g/mol. The van der Waals surface area contributed by atoms with Crippen molar-refractivity contribution in [1.82, 2.24) is 0 Å². The van der Waals surface area contributed by atoms with Crippen molar-refractivity contribution in [3.8, 4) is 11.8 Å². The summed E-state index contributed by atoms with van der Waals surface area (Å²) in [7, 11) is 1.54. The van der Waals surface area contributed by atoms with Crippen LogP contribution in [0.5, 0.6) is 5.75 Å². The average molecular weight is 355 g/mol. The van der Waals surface area contributed by atoms with E-state index < -0.39 is 17.8 Å². The molecule has 0 bridgehead atoms. The second kappa shape index (κ2) is 8.86. The Morgan fingerprint density at radius 3 is 2.38 bits per heavy atom. The van der Waals surface area contributed by atoms with E-state index in [1.807, 2.05) is 6.07 Å². The highest BCUT2D eigenvalue weighted by atomic mass is 16.5. The highest BCUT2D eigenvalue weighted by molar-refractivity contribution is 5.97. The Morgan fingerprint density at radius 2 is 1.88 bits per heavy atom. The minimum absolute atomic E-state index is 0.0453. The number of aryl methyl sites for hydroxylation is 1. The molecular formula is C20H21NO5. The molecule has 1 aromatic carbocycles. The van der Waals surface area contributed by atoms with Crippen LogP contribution >= 0.6 is 0 Å². The monoisotopic (exact) mass is 355 g/mol. The van der Waals surface area contributed by atoms with Gasteiger partial charge in [-0.05, 0) is 50.2 Å².